The number of amides is 1. The molecule has 1 aliphatic rings. The molecule has 20 heavy (non-hydrogen) atoms. The molecule has 1 heterocycles. The summed E-state index contributed by atoms with van der Waals surface area (Å²) in [6, 6.07) is 4.67. The Morgan fingerprint density at radius 3 is 2.55 bits per heavy atom. The lowest BCUT2D eigenvalue weighted by Crippen LogP contribution is -2.34. The molecule has 1 aromatic carbocycles. The van der Waals surface area contributed by atoms with Crippen molar-refractivity contribution in [2.24, 2.45) is 0 Å². The molecule has 0 N–H and O–H groups in total. The van der Waals surface area contributed by atoms with E-state index in [0.29, 0.717) is 6.54 Å². The minimum Gasteiger partial charge on any atom is -0.545 e. The van der Waals surface area contributed by atoms with Crippen molar-refractivity contribution < 1.29 is 19.4 Å². The SMILES string of the molecule is CC1c2ccc(C(=O)[O-])cc2CN1C(=O)OC(C)(C)C. The van der Waals surface area contributed by atoms with Crippen molar-refractivity contribution in [1.82, 2.24) is 4.90 Å². The number of carbonyl (C=O) groups excluding carboxylic acids is 2. The number of hydrogen-bond acceptors (Lipinski definition) is 4. The highest BCUT2D eigenvalue weighted by atomic mass is 16.6. The van der Waals surface area contributed by atoms with E-state index in [1.54, 1.807) is 17.0 Å². The van der Waals surface area contributed by atoms with Crippen LogP contribution in [0.1, 0.15) is 55.2 Å². The Morgan fingerprint density at radius 1 is 1.35 bits per heavy atom. The van der Waals surface area contributed by atoms with Crippen LogP contribution in [0.15, 0.2) is 18.2 Å². The van der Waals surface area contributed by atoms with Gasteiger partial charge in [-0.2, -0.15) is 0 Å². The second kappa shape index (κ2) is 4.81. The number of carboxylic acids is 1. The van der Waals surface area contributed by atoms with E-state index >= 15 is 0 Å². The number of nitrogens with zero attached hydrogens (tertiary/aromatic N) is 1. The molecule has 0 saturated carbocycles. The minimum atomic E-state index is -1.21. The summed E-state index contributed by atoms with van der Waals surface area (Å²) >= 11 is 0. The zero-order chi connectivity index (χ0) is 15.1. The Kier molecular flexibility index (Phi) is 3.46. The highest BCUT2D eigenvalue weighted by Gasteiger charge is 2.33. The molecule has 1 amide bonds. The molecule has 0 fully saturated rings. The first-order valence-corrected chi connectivity index (χ1v) is 6.53. The fourth-order valence-corrected chi connectivity index (χ4v) is 2.31. The van der Waals surface area contributed by atoms with Crippen LogP contribution in [0.2, 0.25) is 0 Å². The van der Waals surface area contributed by atoms with Crippen molar-refractivity contribution >= 4 is 12.1 Å². The van der Waals surface area contributed by atoms with Crippen LogP contribution in [-0.2, 0) is 11.3 Å². The van der Waals surface area contributed by atoms with Crippen molar-refractivity contribution in [1.29, 1.82) is 0 Å². The lowest BCUT2D eigenvalue weighted by molar-refractivity contribution is -0.255. The van der Waals surface area contributed by atoms with Gasteiger partial charge >= 0.3 is 6.09 Å². The maximum Gasteiger partial charge on any atom is 0.411 e. The predicted molar refractivity (Wildman–Crippen MR) is 71.0 cm³/mol. The summed E-state index contributed by atoms with van der Waals surface area (Å²) in [5, 5.41) is 10.9. The number of aromatic carboxylic acids is 1. The van der Waals surface area contributed by atoms with Gasteiger partial charge < -0.3 is 14.6 Å². The quantitative estimate of drug-likeness (QED) is 0.785. The van der Waals surface area contributed by atoms with Crippen molar-refractivity contribution in [2.75, 3.05) is 0 Å². The van der Waals surface area contributed by atoms with Crippen LogP contribution in [0.5, 0.6) is 0 Å². The lowest BCUT2D eigenvalue weighted by Gasteiger charge is -2.27. The molecule has 108 valence electrons. The number of hydrogen-bond donors (Lipinski definition) is 0. The molecular weight excluding hydrogens is 258 g/mol. The summed E-state index contributed by atoms with van der Waals surface area (Å²) in [5.41, 5.74) is 1.34. The highest BCUT2D eigenvalue weighted by Crippen LogP contribution is 2.34. The summed E-state index contributed by atoms with van der Waals surface area (Å²) < 4.78 is 5.36. The third kappa shape index (κ3) is 2.76. The van der Waals surface area contributed by atoms with Gasteiger partial charge in [0.1, 0.15) is 5.60 Å². The van der Waals surface area contributed by atoms with Crippen molar-refractivity contribution in [3.8, 4) is 0 Å². The molecule has 2 rings (SSSR count). The Morgan fingerprint density at radius 2 is 2.00 bits per heavy atom. The minimum absolute atomic E-state index is 0.127. The van der Waals surface area contributed by atoms with E-state index in [1.165, 1.54) is 6.07 Å². The molecular formula is C15H18NO4-. The van der Waals surface area contributed by atoms with Crippen LogP contribution in [0, 0.1) is 0 Å². The van der Waals surface area contributed by atoms with Gasteiger partial charge in [0, 0.05) is 6.54 Å². The van der Waals surface area contributed by atoms with E-state index < -0.39 is 17.7 Å². The van der Waals surface area contributed by atoms with Crippen LogP contribution in [-0.4, -0.2) is 22.6 Å². The summed E-state index contributed by atoms with van der Waals surface area (Å²) in [6.07, 6.45) is -0.392. The second-order valence-electron chi connectivity index (χ2n) is 5.99. The van der Waals surface area contributed by atoms with Crippen LogP contribution >= 0.6 is 0 Å². The topological polar surface area (TPSA) is 69.7 Å². The monoisotopic (exact) mass is 276 g/mol. The van der Waals surface area contributed by atoms with Crippen LogP contribution in [0.3, 0.4) is 0 Å². The van der Waals surface area contributed by atoms with E-state index in [0.717, 1.165) is 11.1 Å². The summed E-state index contributed by atoms with van der Waals surface area (Å²) in [4.78, 5) is 24.6. The maximum absolute atomic E-state index is 12.1. The molecule has 0 saturated heterocycles. The van der Waals surface area contributed by atoms with Crippen LogP contribution in [0.25, 0.3) is 0 Å². The van der Waals surface area contributed by atoms with Gasteiger partial charge in [0.15, 0.2) is 0 Å². The third-order valence-electron chi connectivity index (χ3n) is 3.26. The molecule has 5 heteroatoms. The normalized spacial score (nSPS) is 17.8. The van der Waals surface area contributed by atoms with Gasteiger partial charge in [0.05, 0.1) is 12.0 Å². The number of ether oxygens (including phenoxy) is 1. The third-order valence-corrected chi connectivity index (χ3v) is 3.26. The molecule has 0 aliphatic carbocycles. The molecule has 0 bridgehead atoms. The van der Waals surface area contributed by atoms with Gasteiger partial charge in [-0.25, -0.2) is 4.79 Å². The maximum atomic E-state index is 12.1. The number of carbonyl (C=O) groups is 2. The van der Waals surface area contributed by atoms with Crippen molar-refractivity contribution in [2.45, 2.75) is 45.9 Å². The lowest BCUT2D eigenvalue weighted by atomic mass is 10.0. The highest BCUT2D eigenvalue weighted by molar-refractivity contribution is 5.86. The fraction of sp³-hybridized carbons (Fsp3) is 0.467. The van der Waals surface area contributed by atoms with Gasteiger partial charge in [0.25, 0.3) is 0 Å². The molecule has 1 aliphatic heterocycles. The van der Waals surface area contributed by atoms with E-state index in [1.807, 2.05) is 27.7 Å². The first-order valence-electron chi connectivity index (χ1n) is 6.53. The number of rotatable bonds is 1. The van der Waals surface area contributed by atoms with Gasteiger partial charge in [0.2, 0.25) is 0 Å². The number of fused-ring (bicyclic) bond motifs is 1. The number of benzene rings is 1. The Balaban J connectivity index is 2.22. The molecule has 1 atom stereocenters. The molecule has 0 radical (unpaired) electrons. The number of carboxylic acid groups (broad SMARTS) is 1. The summed E-state index contributed by atoms with van der Waals surface area (Å²) in [6.45, 7) is 7.69. The van der Waals surface area contributed by atoms with E-state index in [-0.39, 0.29) is 11.6 Å². The average molecular weight is 276 g/mol. The smallest absolute Gasteiger partial charge is 0.411 e. The van der Waals surface area contributed by atoms with Gasteiger partial charge in [-0.1, -0.05) is 12.1 Å². The molecule has 1 aromatic rings. The van der Waals surface area contributed by atoms with Crippen molar-refractivity contribution in [3.63, 3.8) is 0 Å². The van der Waals surface area contributed by atoms with Crippen LogP contribution in [0.4, 0.5) is 4.79 Å². The molecule has 0 aromatic heterocycles. The first-order chi connectivity index (χ1) is 9.19. The Hall–Kier alpha value is -2.04. The van der Waals surface area contributed by atoms with E-state index in [4.69, 9.17) is 4.74 Å². The largest absolute Gasteiger partial charge is 0.545 e. The van der Waals surface area contributed by atoms with E-state index in [9.17, 15) is 14.7 Å². The van der Waals surface area contributed by atoms with Crippen LogP contribution < -0.4 is 5.11 Å². The predicted octanol–water partition coefficient (Wildman–Crippen LogP) is 1.86. The molecule has 0 spiro atoms. The zero-order valence-corrected chi connectivity index (χ0v) is 12.1. The average Bonchev–Trinajstić information content (AvgIpc) is 2.64. The fourth-order valence-electron chi connectivity index (χ4n) is 2.31. The van der Waals surface area contributed by atoms with Crippen molar-refractivity contribution in [3.05, 3.63) is 34.9 Å². The van der Waals surface area contributed by atoms with Gasteiger partial charge in [-0.05, 0) is 50.5 Å². The van der Waals surface area contributed by atoms with E-state index in [2.05, 4.69) is 0 Å². The van der Waals surface area contributed by atoms with Gasteiger partial charge in [-0.3, -0.25) is 4.90 Å². The zero-order valence-electron chi connectivity index (χ0n) is 12.1. The standard InChI is InChI=1S/C15H19NO4/c1-9-12-6-5-10(13(17)18)7-11(12)8-16(9)14(19)20-15(2,3)4/h5-7,9H,8H2,1-4H3,(H,17,18)/p-1. The van der Waals surface area contributed by atoms with Gasteiger partial charge in [-0.15, -0.1) is 0 Å². The summed E-state index contributed by atoms with van der Waals surface area (Å²) in [7, 11) is 0. The molecule has 1 unspecified atom stereocenters. The Bertz CT molecular complexity index is 559. The first kappa shape index (κ1) is 14.4. The Labute approximate surface area is 118 Å². The summed E-state index contributed by atoms with van der Waals surface area (Å²) in [5.74, 6) is -1.21. The molecule has 5 nitrogen and oxygen atoms in total. The second-order valence-corrected chi connectivity index (χ2v) is 5.99.